The number of carbonyl (C=O) groups excluding carboxylic acids is 1. The van der Waals surface area contributed by atoms with Crippen molar-refractivity contribution >= 4 is 17.4 Å². The van der Waals surface area contributed by atoms with E-state index in [1.54, 1.807) is 6.92 Å². The molecule has 0 aliphatic carbocycles. The van der Waals surface area contributed by atoms with Gasteiger partial charge in [-0.1, -0.05) is 23.7 Å². The fourth-order valence-electron chi connectivity index (χ4n) is 1.75. The third kappa shape index (κ3) is 3.95. The van der Waals surface area contributed by atoms with Gasteiger partial charge in [0.2, 0.25) is 0 Å². The van der Waals surface area contributed by atoms with Gasteiger partial charge in [0.25, 0.3) is 0 Å². The van der Waals surface area contributed by atoms with E-state index in [0.717, 1.165) is 11.4 Å². The van der Waals surface area contributed by atoms with Crippen molar-refractivity contribution in [2.45, 2.75) is 25.8 Å². The number of rotatable bonds is 5. The first-order valence-corrected chi connectivity index (χ1v) is 5.80. The largest absolute Gasteiger partial charge is 0.302 e. The van der Waals surface area contributed by atoms with Gasteiger partial charge in [0.1, 0.15) is 5.78 Å². The number of benzene rings is 1. The van der Waals surface area contributed by atoms with Gasteiger partial charge < -0.3 is 9.69 Å². The predicted molar refractivity (Wildman–Crippen MR) is 67.8 cm³/mol. The van der Waals surface area contributed by atoms with Crippen molar-refractivity contribution in [2.24, 2.45) is 0 Å². The summed E-state index contributed by atoms with van der Waals surface area (Å²) >= 11 is 5.86. The minimum absolute atomic E-state index is 0.237. The maximum atomic E-state index is 11.0. The summed E-state index contributed by atoms with van der Waals surface area (Å²) in [5.41, 5.74) is 1.20. The molecule has 1 unspecified atom stereocenters. The van der Waals surface area contributed by atoms with Crippen molar-refractivity contribution in [3.8, 4) is 0 Å². The molecule has 1 rings (SSSR count). The molecule has 0 N–H and O–H groups in total. The van der Waals surface area contributed by atoms with E-state index >= 15 is 0 Å². The maximum Gasteiger partial charge on any atom is 0.129 e. The van der Waals surface area contributed by atoms with Gasteiger partial charge in [-0.25, -0.2) is 0 Å². The smallest absolute Gasteiger partial charge is 0.129 e. The average molecular weight is 240 g/mol. The highest BCUT2D eigenvalue weighted by Gasteiger charge is 2.14. The lowest BCUT2D eigenvalue weighted by atomic mass is 10.00. The van der Waals surface area contributed by atoms with Crippen LogP contribution in [0.3, 0.4) is 0 Å². The molecule has 1 aromatic carbocycles. The summed E-state index contributed by atoms with van der Waals surface area (Å²) in [6.07, 6.45) is 1.47. The normalized spacial score (nSPS) is 12.8. The standard InChI is InChI=1S/C13H18ClNO/c1-10(16)4-9-13(15(2)3)11-5-7-12(14)8-6-11/h5-8,13H,4,9H2,1-3H3. The molecule has 0 aliphatic rings. The van der Waals surface area contributed by atoms with Gasteiger partial charge >= 0.3 is 0 Å². The van der Waals surface area contributed by atoms with Gasteiger partial charge in [-0.15, -0.1) is 0 Å². The Morgan fingerprint density at radius 1 is 1.31 bits per heavy atom. The molecule has 0 spiro atoms. The third-order valence-electron chi connectivity index (χ3n) is 2.65. The van der Waals surface area contributed by atoms with E-state index in [1.165, 1.54) is 5.56 Å². The molecule has 0 heterocycles. The Morgan fingerprint density at radius 2 is 1.88 bits per heavy atom. The summed E-state index contributed by atoms with van der Waals surface area (Å²) in [5, 5.41) is 0.743. The van der Waals surface area contributed by atoms with Gasteiger partial charge in [-0.3, -0.25) is 0 Å². The monoisotopic (exact) mass is 239 g/mol. The second-order valence-electron chi connectivity index (χ2n) is 4.27. The SMILES string of the molecule is CC(=O)CCC(c1ccc(Cl)cc1)N(C)C. The molecule has 0 radical (unpaired) electrons. The molecule has 0 bridgehead atoms. The van der Waals surface area contributed by atoms with Crippen LogP contribution >= 0.6 is 11.6 Å². The Hall–Kier alpha value is -0.860. The summed E-state index contributed by atoms with van der Waals surface area (Å²) in [7, 11) is 4.05. The lowest BCUT2D eigenvalue weighted by Crippen LogP contribution is -2.20. The summed E-state index contributed by atoms with van der Waals surface area (Å²) in [4.78, 5) is 13.1. The number of halogens is 1. The van der Waals surface area contributed by atoms with Crippen molar-refractivity contribution in [2.75, 3.05) is 14.1 Å². The van der Waals surface area contributed by atoms with Crippen LogP contribution in [-0.2, 0) is 4.79 Å². The Bertz CT molecular complexity index is 345. The van der Waals surface area contributed by atoms with Crippen LogP contribution in [0, 0.1) is 0 Å². The molecule has 3 heteroatoms. The van der Waals surface area contributed by atoms with E-state index in [0.29, 0.717) is 6.42 Å². The Kier molecular flexibility index (Phi) is 4.97. The summed E-state index contributed by atoms with van der Waals surface area (Å²) in [5.74, 6) is 0.237. The number of nitrogens with zero attached hydrogens (tertiary/aromatic N) is 1. The molecule has 1 aromatic rings. The van der Waals surface area contributed by atoms with Crippen LogP contribution in [0.1, 0.15) is 31.4 Å². The highest BCUT2D eigenvalue weighted by Crippen LogP contribution is 2.24. The fourth-order valence-corrected chi connectivity index (χ4v) is 1.87. The van der Waals surface area contributed by atoms with Gasteiger partial charge in [0, 0.05) is 17.5 Å². The van der Waals surface area contributed by atoms with Crippen molar-refractivity contribution in [1.82, 2.24) is 4.90 Å². The lowest BCUT2D eigenvalue weighted by molar-refractivity contribution is -0.117. The lowest BCUT2D eigenvalue weighted by Gasteiger charge is -2.24. The minimum atomic E-state index is 0.237. The molecule has 0 aliphatic heterocycles. The van der Waals surface area contributed by atoms with E-state index in [2.05, 4.69) is 4.90 Å². The molecule has 16 heavy (non-hydrogen) atoms. The van der Waals surface area contributed by atoms with Crippen LogP contribution in [0.5, 0.6) is 0 Å². The molecule has 0 saturated heterocycles. The number of ketones is 1. The van der Waals surface area contributed by atoms with Gasteiger partial charge in [0.05, 0.1) is 0 Å². The zero-order valence-corrected chi connectivity index (χ0v) is 10.8. The van der Waals surface area contributed by atoms with Crippen molar-refractivity contribution in [3.63, 3.8) is 0 Å². The van der Waals surface area contributed by atoms with Crippen LogP contribution < -0.4 is 0 Å². The molecule has 0 amide bonds. The van der Waals surface area contributed by atoms with Gasteiger partial charge in [-0.2, -0.15) is 0 Å². The number of hydrogen-bond acceptors (Lipinski definition) is 2. The molecular weight excluding hydrogens is 222 g/mol. The first kappa shape index (κ1) is 13.2. The minimum Gasteiger partial charge on any atom is -0.302 e. The molecule has 1 atom stereocenters. The van der Waals surface area contributed by atoms with Gasteiger partial charge in [-0.05, 0) is 45.1 Å². The van der Waals surface area contributed by atoms with Crippen molar-refractivity contribution in [3.05, 3.63) is 34.9 Å². The average Bonchev–Trinajstić information content (AvgIpc) is 2.20. The molecule has 2 nitrogen and oxygen atoms in total. The number of hydrogen-bond donors (Lipinski definition) is 0. The van der Waals surface area contributed by atoms with E-state index in [9.17, 15) is 4.79 Å². The second kappa shape index (κ2) is 6.02. The summed E-state index contributed by atoms with van der Waals surface area (Å²) in [6.45, 7) is 1.63. The molecular formula is C13H18ClNO. The molecule has 0 aromatic heterocycles. The Balaban J connectivity index is 2.77. The molecule has 0 fully saturated rings. The molecule has 0 saturated carbocycles. The highest BCUT2D eigenvalue weighted by molar-refractivity contribution is 6.30. The van der Waals surface area contributed by atoms with Crippen LogP contribution in [0.4, 0.5) is 0 Å². The fraction of sp³-hybridized carbons (Fsp3) is 0.462. The van der Waals surface area contributed by atoms with E-state index in [1.807, 2.05) is 38.4 Å². The summed E-state index contributed by atoms with van der Waals surface area (Å²) < 4.78 is 0. The van der Waals surface area contributed by atoms with E-state index < -0.39 is 0 Å². The number of Topliss-reactive ketones (excluding diaryl/α,β-unsaturated/α-hetero) is 1. The Morgan fingerprint density at radius 3 is 2.31 bits per heavy atom. The van der Waals surface area contributed by atoms with Crippen LogP contribution in [0.2, 0.25) is 5.02 Å². The Labute approximate surface area is 102 Å². The van der Waals surface area contributed by atoms with Gasteiger partial charge in [0.15, 0.2) is 0 Å². The van der Waals surface area contributed by atoms with Crippen LogP contribution in [-0.4, -0.2) is 24.8 Å². The van der Waals surface area contributed by atoms with Crippen LogP contribution in [0.15, 0.2) is 24.3 Å². The van der Waals surface area contributed by atoms with E-state index in [4.69, 9.17) is 11.6 Å². The first-order chi connectivity index (χ1) is 7.50. The maximum absolute atomic E-state index is 11.0. The second-order valence-corrected chi connectivity index (χ2v) is 4.71. The first-order valence-electron chi connectivity index (χ1n) is 5.42. The summed E-state index contributed by atoms with van der Waals surface area (Å²) in [6, 6.07) is 8.10. The van der Waals surface area contributed by atoms with E-state index in [-0.39, 0.29) is 11.8 Å². The topological polar surface area (TPSA) is 20.3 Å². The van der Waals surface area contributed by atoms with Crippen LogP contribution in [0.25, 0.3) is 0 Å². The molecule has 88 valence electrons. The zero-order valence-electron chi connectivity index (χ0n) is 10.0. The zero-order chi connectivity index (χ0) is 12.1. The van der Waals surface area contributed by atoms with Crippen molar-refractivity contribution < 1.29 is 4.79 Å². The predicted octanol–water partition coefficient (Wildman–Crippen LogP) is 3.31. The number of carbonyl (C=O) groups is 1. The third-order valence-corrected chi connectivity index (χ3v) is 2.90. The highest BCUT2D eigenvalue weighted by atomic mass is 35.5. The quantitative estimate of drug-likeness (QED) is 0.786. The van der Waals surface area contributed by atoms with Crippen molar-refractivity contribution in [1.29, 1.82) is 0 Å².